The molecule has 0 aromatic rings. The van der Waals surface area contributed by atoms with Crippen LogP contribution in [-0.4, -0.2) is 32.8 Å². The fourth-order valence-electron chi connectivity index (χ4n) is 0. The van der Waals surface area contributed by atoms with Crippen molar-refractivity contribution in [2.75, 3.05) is 0 Å². The van der Waals surface area contributed by atoms with Gasteiger partial charge in [0.2, 0.25) is 0 Å². The number of hydrogen-bond acceptors (Lipinski definition) is 5. The van der Waals surface area contributed by atoms with Crippen molar-refractivity contribution in [2.45, 2.75) is 96.6 Å². The molecule has 0 aliphatic carbocycles. The third kappa shape index (κ3) is 4480. The van der Waals surface area contributed by atoms with E-state index in [9.17, 15) is 4.79 Å². The van der Waals surface area contributed by atoms with Crippen LogP contribution in [0, 0.1) is 0 Å². The highest BCUT2D eigenvalue weighted by Crippen LogP contribution is 1.65. The van der Waals surface area contributed by atoms with E-state index < -0.39 is 0 Å². The molecule has 0 radical (unpaired) electrons. The van der Waals surface area contributed by atoms with Crippen LogP contribution in [0.4, 0.5) is 0 Å². The van der Waals surface area contributed by atoms with Crippen LogP contribution in [0.3, 0.4) is 0 Å². The number of carbonyl (C=O) groups is 1. The highest BCUT2D eigenvalue weighted by molar-refractivity contribution is 7.80. The largest absolute Gasteiger partial charge is 0.411 e. The molecule has 0 saturated carbocycles. The second-order valence-corrected chi connectivity index (χ2v) is 5.48. The summed E-state index contributed by atoms with van der Waals surface area (Å²) in [5.74, 6) is 0.167. The Morgan fingerprint density at radius 1 is 1.00 bits per heavy atom. The van der Waals surface area contributed by atoms with Gasteiger partial charge >= 0.3 is 0 Å². The lowest BCUT2D eigenvalue weighted by Gasteiger charge is -1.80. The van der Waals surface area contributed by atoms with Gasteiger partial charge < -0.3 is 15.1 Å². The van der Waals surface area contributed by atoms with Gasteiger partial charge in [-0.2, -0.15) is 0 Å². The van der Waals surface area contributed by atoms with Gasteiger partial charge in [0, 0.05) is 6.10 Å². The number of oxime groups is 1. The summed E-state index contributed by atoms with van der Waals surface area (Å²) in [4.78, 5) is 10.4. The predicted molar refractivity (Wildman–Crippen MR) is 108 cm³/mol. The SMILES string of the molecule is C.C.CC(C)=NO.CC(C)=O.CC(C)=S.CC(C)O.CCC. The second kappa shape index (κ2) is 42.7. The molecule has 0 fully saturated rings. The third-order valence-electron chi connectivity index (χ3n) is 0.200. The molecule has 0 aliphatic rings. The normalized spacial score (nSPS) is 6.36. The second-order valence-electron chi connectivity index (χ2n) is 4.66. The zero-order valence-electron chi connectivity index (χ0n) is 14.9. The summed E-state index contributed by atoms with van der Waals surface area (Å²) in [6.07, 6.45) is 1.08. The lowest BCUT2D eigenvalue weighted by atomic mass is 10.5. The number of carbonyl (C=O) groups excluding carboxylic acids is 1. The zero-order valence-corrected chi connectivity index (χ0v) is 15.8. The molecular formula is C17H43NO3S. The quantitative estimate of drug-likeness (QED) is 0.248. The van der Waals surface area contributed by atoms with Crippen molar-refractivity contribution in [1.82, 2.24) is 0 Å². The number of rotatable bonds is 0. The molecule has 22 heavy (non-hydrogen) atoms. The number of Topliss-reactive ketones (excluding diaryl/α,β-unsaturated/α-hetero) is 1. The van der Waals surface area contributed by atoms with Gasteiger partial charge in [-0.1, -0.05) is 52.5 Å². The molecule has 0 amide bonds. The van der Waals surface area contributed by atoms with E-state index in [0.29, 0.717) is 5.71 Å². The summed E-state index contributed by atoms with van der Waals surface area (Å²) in [6, 6.07) is 0. The maximum atomic E-state index is 9.44. The third-order valence-corrected chi connectivity index (χ3v) is 0.200. The Hall–Kier alpha value is -0.810. The van der Waals surface area contributed by atoms with E-state index in [4.69, 9.17) is 10.3 Å². The van der Waals surface area contributed by atoms with Crippen LogP contribution >= 0.6 is 12.2 Å². The average molecular weight is 342 g/mol. The molecule has 140 valence electrons. The van der Waals surface area contributed by atoms with Crippen molar-refractivity contribution in [3.05, 3.63) is 0 Å². The molecule has 0 unspecified atom stereocenters. The molecule has 0 aliphatic heterocycles. The monoisotopic (exact) mass is 341 g/mol. The molecule has 0 spiro atoms. The fourth-order valence-corrected chi connectivity index (χ4v) is 0. The molecule has 0 saturated heterocycles. The Bertz CT molecular complexity index is 201. The van der Waals surface area contributed by atoms with Crippen molar-refractivity contribution in [3.8, 4) is 0 Å². The Morgan fingerprint density at radius 3 is 1.05 bits per heavy atom. The van der Waals surface area contributed by atoms with Crippen LogP contribution in [0.15, 0.2) is 5.16 Å². The van der Waals surface area contributed by atoms with E-state index in [0.717, 1.165) is 4.86 Å². The molecule has 5 heteroatoms. The lowest BCUT2D eigenvalue weighted by molar-refractivity contribution is -0.114. The van der Waals surface area contributed by atoms with E-state index in [1.807, 2.05) is 13.8 Å². The molecule has 0 heterocycles. The van der Waals surface area contributed by atoms with Crippen LogP contribution in [0.2, 0.25) is 0 Å². The lowest BCUT2D eigenvalue weighted by Crippen LogP contribution is -1.85. The first-order valence-electron chi connectivity index (χ1n) is 6.66. The van der Waals surface area contributed by atoms with Crippen LogP contribution in [-0.2, 0) is 4.79 Å². The van der Waals surface area contributed by atoms with E-state index in [1.165, 1.54) is 20.3 Å². The molecule has 0 rings (SSSR count). The topological polar surface area (TPSA) is 69.9 Å². The summed E-state index contributed by atoms with van der Waals surface area (Å²) in [7, 11) is 0. The van der Waals surface area contributed by atoms with Crippen molar-refractivity contribution in [3.63, 3.8) is 0 Å². The molecule has 4 nitrogen and oxygen atoms in total. The van der Waals surface area contributed by atoms with E-state index in [2.05, 4.69) is 31.2 Å². The predicted octanol–water partition coefficient (Wildman–Crippen LogP) is 5.92. The van der Waals surface area contributed by atoms with Crippen molar-refractivity contribution < 1.29 is 15.1 Å². The first-order chi connectivity index (χ1) is 8.88. The van der Waals surface area contributed by atoms with Gasteiger partial charge in [0.1, 0.15) is 5.78 Å². The van der Waals surface area contributed by atoms with E-state index >= 15 is 0 Å². The highest BCUT2D eigenvalue weighted by Gasteiger charge is 1.69. The van der Waals surface area contributed by atoms with Gasteiger partial charge in [-0.25, -0.2) is 0 Å². The zero-order chi connectivity index (χ0) is 17.7. The van der Waals surface area contributed by atoms with Gasteiger partial charge in [0.05, 0.1) is 5.71 Å². The van der Waals surface area contributed by atoms with Gasteiger partial charge in [0.15, 0.2) is 0 Å². The Balaban J connectivity index is -0.0000000252. The van der Waals surface area contributed by atoms with Crippen molar-refractivity contribution in [1.29, 1.82) is 0 Å². The summed E-state index contributed by atoms with van der Waals surface area (Å²) in [5, 5.41) is 18.6. The molecule has 0 bridgehead atoms. The Kier molecular flexibility index (Phi) is 83.3. The van der Waals surface area contributed by atoms with Crippen molar-refractivity contribution >= 4 is 28.6 Å². The smallest absolute Gasteiger partial charge is 0.126 e. The number of ketones is 1. The molecular weight excluding hydrogens is 298 g/mol. The summed E-state index contributed by atoms with van der Waals surface area (Å²) in [6.45, 7) is 18.0. The first-order valence-corrected chi connectivity index (χ1v) is 7.07. The van der Waals surface area contributed by atoms with Crippen LogP contribution in [0.1, 0.15) is 90.5 Å². The van der Waals surface area contributed by atoms with Gasteiger partial charge in [-0.05, 0) is 60.3 Å². The molecule has 2 N–H and O–H groups in total. The fraction of sp³-hybridized carbons (Fsp3) is 0.824. The Labute approximate surface area is 146 Å². The van der Waals surface area contributed by atoms with Crippen LogP contribution in [0.25, 0.3) is 0 Å². The Morgan fingerprint density at radius 2 is 1.05 bits per heavy atom. The summed E-state index contributed by atoms with van der Waals surface area (Å²) >= 11 is 4.54. The number of aliphatic hydroxyl groups excluding tert-OH is 1. The summed E-state index contributed by atoms with van der Waals surface area (Å²) < 4.78 is 0. The number of thiocarbonyl (C=S) groups is 1. The minimum atomic E-state index is -0.167. The van der Waals surface area contributed by atoms with Gasteiger partial charge in [0.25, 0.3) is 0 Å². The molecule has 0 aromatic carbocycles. The standard InChI is InChI=1S/C3H7NO.C3H8O.C3H6O.C3H6S.C3H8.2CH4/c1-3(2)4-5;3*1-3(2)4;1-3-2;;/h5H,1-2H3;3-4H,1-2H3;2*1-2H3;3H2,1-2H3;2*1H4. The highest BCUT2D eigenvalue weighted by atomic mass is 32.1. The average Bonchev–Trinajstić information content (AvgIpc) is 2.15. The number of hydrogen-bond donors (Lipinski definition) is 2. The number of aliphatic hydroxyl groups is 1. The van der Waals surface area contributed by atoms with Gasteiger partial charge in [-0.3, -0.25) is 0 Å². The molecule has 0 atom stereocenters. The summed E-state index contributed by atoms with van der Waals surface area (Å²) in [5.41, 5.74) is 0.685. The minimum Gasteiger partial charge on any atom is -0.411 e. The first kappa shape index (κ1) is 42.9. The minimum absolute atomic E-state index is 0. The van der Waals surface area contributed by atoms with Gasteiger partial charge in [-0.15, -0.1) is 0 Å². The van der Waals surface area contributed by atoms with Crippen molar-refractivity contribution in [2.24, 2.45) is 5.16 Å². The van der Waals surface area contributed by atoms with Crippen LogP contribution in [0.5, 0.6) is 0 Å². The maximum Gasteiger partial charge on any atom is 0.126 e. The maximum absolute atomic E-state index is 9.44. The number of nitrogens with zero attached hydrogens (tertiary/aromatic N) is 1. The van der Waals surface area contributed by atoms with E-state index in [1.54, 1.807) is 27.7 Å². The van der Waals surface area contributed by atoms with E-state index in [-0.39, 0.29) is 26.7 Å². The molecule has 0 aromatic heterocycles. The van der Waals surface area contributed by atoms with Crippen LogP contribution < -0.4 is 0 Å².